The predicted molar refractivity (Wildman–Crippen MR) is 103 cm³/mol. The Balaban J connectivity index is 1.75. The zero-order chi connectivity index (χ0) is 19.2. The lowest BCUT2D eigenvalue weighted by Crippen LogP contribution is -2.14. The average Bonchev–Trinajstić information content (AvgIpc) is 2.67. The summed E-state index contributed by atoms with van der Waals surface area (Å²) in [5, 5.41) is 0. The van der Waals surface area contributed by atoms with Gasteiger partial charge >= 0.3 is 0 Å². The van der Waals surface area contributed by atoms with Crippen molar-refractivity contribution >= 4 is 21.8 Å². The van der Waals surface area contributed by atoms with Crippen LogP contribution < -0.4 is 15.2 Å². The standard InChI is InChI=1S/C20H16BrFN2O3/c21-16-3-1-2-4-18(16)26-9-10-27-19-12-24-17(20(23)25)11-15(19)13-5-7-14(22)8-6-13/h1-8,11-12H,9-10H2,(H2,23,25). The fourth-order valence-corrected chi connectivity index (χ4v) is 2.81. The summed E-state index contributed by atoms with van der Waals surface area (Å²) in [7, 11) is 0. The number of nitrogens with two attached hydrogens (primary N) is 1. The minimum atomic E-state index is -0.651. The van der Waals surface area contributed by atoms with E-state index in [2.05, 4.69) is 20.9 Å². The minimum Gasteiger partial charge on any atom is -0.489 e. The van der Waals surface area contributed by atoms with Gasteiger partial charge in [-0.05, 0) is 51.8 Å². The fourth-order valence-electron chi connectivity index (χ4n) is 2.41. The Morgan fingerprint density at radius 1 is 1.04 bits per heavy atom. The van der Waals surface area contributed by atoms with E-state index in [1.807, 2.05) is 24.3 Å². The van der Waals surface area contributed by atoms with Gasteiger partial charge in [0.25, 0.3) is 5.91 Å². The van der Waals surface area contributed by atoms with Gasteiger partial charge in [0.05, 0.1) is 10.7 Å². The molecule has 2 N–H and O–H groups in total. The molecule has 3 rings (SSSR count). The van der Waals surface area contributed by atoms with E-state index in [4.69, 9.17) is 15.2 Å². The number of hydrogen-bond acceptors (Lipinski definition) is 4. The number of benzene rings is 2. The van der Waals surface area contributed by atoms with Crippen molar-refractivity contribution in [2.45, 2.75) is 0 Å². The van der Waals surface area contributed by atoms with E-state index in [9.17, 15) is 9.18 Å². The van der Waals surface area contributed by atoms with Crippen molar-refractivity contribution in [3.63, 3.8) is 0 Å². The van der Waals surface area contributed by atoms with Gasteiger partial charge in [0, 0.05) is 5.56 Å². The molecule has 0 aliphatic carbocycles. The number of carbonyl (C=O) groups is 1. The number of halogens is 2. The number of nitrogens with zero attached hydrogens (tertiary/aromatic N) is 1. The van der Waals surface area contributed by atoms with Crippen LogP contribution in [0.4, 0.5) is 4.39 Å². The van der Waals surface area contributed by atoms with Gasteiger partial charge in [-0.2, -0.15) is 0 Å². The molecule has 1 aromatic heterocycles. The van der Waals surface area contributed by atoms with E-state index in [0.29, 0.717) is 29.2 Å². The highest BCUT2D eigenvalue weighted by molar-refractivity contribution is 9.10. The van der Waals surface area contributed by atoms with Crippen LogP contribution in [-0.2, 0) is 0 Å². The number of pyridine rings is 1. The summed E-state index contributed by atoms with van der Waals surface area (Å²) < 4.78 is 25.5. The summed E-state index contributed by atoms with van der Waals surface area (Å²) in [4.78, 5) is 15.4. The van der Waals surface area contributed by atoms with E-state index in [1.54, 1.807) is 12.1 Å². The van der Waals surface area contributed by atoms with Crippen molar-refractivity contribution < 1.29 is 18.7 Å². The zero-order valence-electron chi connectivity index (χ0n) is 14.2. The number of carbonyl (C=O) groups excluding carboxylic acids is 1. The summed E-state index contributed by atoms with van der Waals surface area (Å²) in [5.74, 6) is 0.152. The lowest BCUT2D eigenvalue weighted by atomic mass is 10.0. The smallest absolute Gasteiger partial charge is 0.267 e. The highest BCUT2D eigenvalue weighted by atomic mass is 79.9. The van der Waals surface area contributed by atoms with Gasteiger partial charge in [-0.1, -0.05) is 24.3 Å². The highest BCUT2D eigenvalue weighted by Crippen LogP contribution is 2.30. The Morgan fingerprint density at radius 2 is 1.70 bits per heavy atom. The van der Waals surface area contributed by atoms with Crippen LogP contribution in [0.2, 0.25) is 0 Å². The first kappa shape index (κ1) is 18.8. The van der Waals surface area contributed by atoms with E-state index in [1.165, 1.54) is 24.4 Å². The molecule has 7 heteroatoms. The summed E-state index contributed by atoms with van der Waals surface area (Å²) in [5.41, 5.74) is 6.69. The molecule has 0 atom stereocenters. The Morgan fingerprint density at radius 3 is 2.37 bits per heavy atom. The summed E-state index contributed by atoms with van der Waals surface area (Å²) in [6.07, 6.45) is 1.43. The number of rotatable bonds is 7. The van der Waals surface area contributed by atoms with Crippen molar-refractivity contribution in [3.8, 4) is 22.6 Å². The third-order valence-electron chi connectivity index (χ3n) is 3.71. The largest absolute Gasteiger partial charge is 0.489 e. The topological polar surface area (TPSA) is 74.4 Å². The Bertz CT molecular complexity index is 948. The van der Waals surface area contributed by atoms with Crippen LogP contribution in [0.3, 0.4) is 0 Å². The van der Waals surface area contributed by atoms with Crippen molar-refractivity contribution in [1.82, 2.24) is 4.98 Å². The van der Waals surface area contributed by atoms with Gasteiger partial charge in [-0.15, -0.1) is 0 Å². The molecular formula is C20H16BrFN2O3. The molecular weight excluding hydrogens is 415 g/mol. The van der Waals surface area contributed by atoms with Gasteiger partial charge < -0.3 is 15.2 Å². The lowest BCUT2D eigenvalue weighted by molar-refractivity contribution is 0.0995. The van der Waals surface area contributed by atoms with Gasteiger partial charge in [-0.3, -0.25) is 4.79 Å². The number of amides is 1. The van der Waals surface area contributed by atoms with Crippen LogP contribution >= 0.6 is 15.9 Å². The summed E-state index contributed by atoms with van der Waals surface area (Å²) in [6.45, 7) is 0.566. The van der Waals surface area contributed by atoms with Gasteiger partial charge in [0.2, 0.25) is 0 Å². The summed E-state index contributed by atoms with van der Waals surface area (Å²) >= 11 is 3.41. The molecule has 0 unspecified atom stereocenters. The van der Waals surface area contributed by atoms with Crippen LogP contribution in [0.15, 0.2) is 65.3 Å². The van der Waals surface area contributed by atoms with Crippen molar-refractivity contribution in [2.75, 3.05) is 13.2 Å². The van der Waals surface area contributed by atoms with Crippen LogP contribution in [0.5, 0.6) is 11.5 Å². The van der Waals surface area contributed by atoms with Crippen molar-refractivity contribution in [1.29, 1.82) is 0 Å². The molecule has 2 aromatic carbocycles. The molecule has 1 amide bonds. The first-order valence-corrected chi connectivity index (χ1v) is 8.90. The maximum absolute atomic E-state index is 13.2. The number of aromatic nitrogens is 1. The Labute approximate surface area is 164 Å². The number of para-hydroxylation sites is 1. The monoisotopic (exact) mass is 430 g/mol. The minimum absolute atomic E-state index is 0.103. The molecule has 0 aliphatic rings. The molecule has 0 aliphatic heterocycles. The molecule has 0 saturated heterocycles. The summed E-state index contributed by atoms with van der Waals surface area (Å²) in [6, 6.07) is 14.9. The molecule has 27 heavy (non-hydrogen) atoms. The normalized spacial score (nSPS) is 10.4. The second-order valence-electron chi connectivity index (χ2n) is 5.56. The second kappa shape index (κ2) is 8.64. The van der Waals surface area contributed by atoms with Gasteiger partial charge in [0.1, 0.15) is 36.2 Å². The van der Waals surface area contributed by atoms with E-state index in [-0.39, 0.29) is 18.1 Å². The van der Waals surface area contributed by atoms with Crippen LogP contribution in [-0.4, -0.2) is 24.1 Å². The van der Waals surface area contributed by atoms with E-state index < -0.39 is 5.91 Å². The Kier molecular flexibility index (Phi) is 6.03. The first-order valence-electron chi connectivity index (χ1n) is 8.10. The number of hydrogen-bond donors (Lipinski definition) is 1. The Hall–Kier alpha value is -2.93. The van der Waals surface area contributed by atoms with Crippen LogP contribution in [0.1, 0.15) is 10.5 Å². The maximum Gasteiger partial charge on any atom is 0.267 e. The quantitative estimate of drug-likeness (QED) is 0.569. The van der Waals surface area contributed by atoms with Gasteiger partial charge in [-0.25, -0.2) is 9.37 Å². The molecule has 1 heterocycles. The predicted octanol–water partition coefficient (Wildman–Crippen LogP) is 4.21. The molecule has 0 bridgehead atoms. The molecule has 138 valence electrons. The van der Waals surface area contributed by atoms with Crippen molar-refractivity contribution in [3.05, 3.63) is 76.8 Å². The van der Waals surface area contributed by atoms with Crippen molar-refractivity contribution in [2.24, 2.45) is 5.73 Å². The SMILES string of the molecule is NC(=O)c1cc(-c2ccc(F)cc2)c(OCCOc2ccccc2Br)cn1. The third-order valence-corrected chi connectivity index (χ3v) is 4.37. The van der Waals surface area contributed by atoms with Crippen LogP contribution in [0, 0.1) is 5.82 Å². The highest BCUT2D eigenvalue weighted by Gasteiger charge is 2.12. The molecule has 0 radical (unpaired) electrons. The van der Waals surface area contributed by atoms with Crippen LogP contribution in [0.25, 0.3) is 11.1 Å². The lowest BCUT2D eigenvalue weighted by Gasteiger charge is -2.13. The second-order valence-corrected chi connectivity index (χ2v) is 6.42. The number of primary amides is 1. The fraction of sp³-hybridized carbons (Fsp3) is 0.100. The average molecular weight is 431 g/mol. The zero-order valence-corrected chi connectivity index (χ0v) is 15.8. The van der Waals surface area contributed by atoms with E-state index in [0.717, 1.165) is 4.47 Å². The van der Waals surface area contributed by atoms with Gasteiger partial charge in [0.15, 0.2) is 0 Å². The molecule has 0 saturated carbocycles. The molecule has 0 spiro atoms. The maximum atomic E-state index is 13.2. The molecule has 0 fully saturated rings. The third kappa shape index (κ3) is 4.83. The molecule has 5 nitrogen and oxygen atoms in total. The van der Waals surface area contributed by atoms with E-state index >= 15 is 0 Å². The number of ether oxygens (including phenoxy) is 2. The molecule has 3 aromatic rings. The first-order chi connectivity index (χ1) is 13.0.